The Morgan fingerprint density at radius 1 is 1.21 bits per heavy atom. The number of thiazole rings is 1. The number of hydrogen-bond donors (Lipinski definition) is 2. The lowest BCUT2D eigenvalue weighted by atomic mass is 10.2. The van der Waals surface area contributed by atoms with Crippen LogP contribution >= 0.6 is 11.3 Å². The second kappa shape index (κ2) is 8.91. The zero-order chi connectivity index (χ0) is 24.4. The number of nitrogens with one attached hydrogen (secondary N) is 1. The van der Waals surface area contributed by atoms with Gasteiger partial charge in [-0.15, -0.1) is 0 Å². The van der Waals surface area contributed by atoms with Crippen LogP contribution in [0.5, 0.6) is 5.75 Å². The second-order valence-electron chi connectivity index (χ2n) is 6.62. The summed E-state index contributed by atoms with van der Waals surface area (Å²) in [5.41, 5.74) is 4.82. The zero-order valence-corrected chi connectivity index (χ0v) is 18.1. The molecule has 3 N–H and O–H groups in total. The number of aromatic nitrogens is 3. The van der Waals surface area contributed by atoms with E-state index in [0.29, 0.717) is 5.75 Å². The number of non-ortho nitro benzene ring substituents is 1. The molecule has 172 valence electrons. The number of H-pyrrole nitrogens is 1. The Kier molecular flexibility index (Phi) is 5.84. The molecular weight excluding hydrogens is 468 g/mol. The number of benzene rings is 2. The van der Waals surface area contributed by atoms with Gasteiger partial charge in [0.05, 0.1) is 23.0 Å². The van der Waals surface area contributed by atoms with E-state index >= 15 is 0 Å². The summed E-state index contributed by atoms with van der Waals surface area (Å²) < 4.78 is 6.12. The van der Waals surface area contributed by atoms with Gasteiger partial charge in [-0.05, 0) is 35.9 Å². The predicted octanol–water partition coefficient (Wildman–Crippen LogP) is 2.67. The SMILES string of the molecule is COc1ccc(/C=N/C(N)=N/c2nc3[nH]n(-c4ccc([N+](=O)[O-])cc4[N+](=O)[O-])c(=O)c3s2)cc1. The van der Waals surface area contributed by atoms with Gasteiger partial charge in [0, 0.05) is 12.3 Å². The number of ether oxygens (including phenoxy) is 1. The van der Waals surface area contributed by atoms with Gasteiger partial charge < -0.3 is 10.5 Å². The van der Waals surface area contributed by atoms with Crippen molar-refractivity contribution in [2.75, 3.05) is 7.11 Å². The van der Waals surface area contributed by atoms with E-state index in [1.54, 1.807) is 31.4 Å². The predicted molar refractivity (Wildman–Crippen MR) is 125 cm³/mol. The molecule has 0 aliphatic heterocycles. The lowest BCUT2D eigenvalue weighted by molar-refractivity contribution is -0.394. The minimum Gasteiger partial charge on any atom is -0.497 e. The molecule has 4 rings (SSSR count). The Hall–Kier alpha value is -4.92. The molecule has 2 heterocycles. The smallest absolute Gasteiger partial charge is 0.301 e. The molecule has 0 spiro atoms. The largest absolute Gasteiger partial charge is 0.497 e. The number of hydrogen-bond acceptors (Lipinski definition) is 9. The second-order valence-corrected chi connectivity index (χ2v) is 7.59. The van der Waals surface area contributed by atoms with Gasteiger partial charge in [-0.1, -0.05) is 11.3 Å². The molecule has 0 aliphatic rings. The quantitative estimate of drug-likeness (QED) is 0.181. The maximum atomic E-state index is 12.8. The Morgan fingerprint density at radius 2 is 1.94 bits per heavy atom. The fourth-order valence-electron chi connectivity index (χ4n) is 2.92. The molecule has 2 aromatic heterocycles. The topological polar surface area (TPSA) is 197 Å². The number of nitro benzene ring substituents is 2. The van der Waals surface area contributed by atoms with Crippen molar-refractivity contribution < 1.29 is 14.6 Å². The molecule has 0 bridgehead atoms. The van der Waals surface area contributed by atoms with Crippen molar-refractivity contribution in [2.45, 2.75) is 0 Å². The molecule has 15 heteroatoms. The van der Waals surface area contributed by atoms with E-state index in [-0.39, 0.29) is 27.1 Å². The van der Waals surface area contributed by atoms with E-state index in [1.807, 2.05) is 0 Å². The molecule has 0 atom stereocenters. The molecule has 0 saturated heterocycles. The number of aliphatic imine (C=N–C) groups is 2. The van der Waals surface area contributed by atoms with Crippen LogP contribution in [-0.2, 0) is 0 Å². The summed E-state index contributed by atoms with van der Waals surface area (Å²) in [6.45, 7) is 0. The first-order valence-corrected chi connectivity index (χ1v) is 10.2. The van der Waals surface area contributed by atoms with Crippen molar-refractivity contribution in [1.82, 2.24) is 14.8 Å². The summed E-state index contributed by atoms with van der Waals surface area (Å²) in [7, 11) is 1.56. The summed E-state index contributed by atoms with van der Waals surface area (Å²) in [5, 5.41) is 25.1. The molecule has 0 unspecified atom stereocenters. The monoisotopic (exact) mass is 482 g/mol. The standard InChI is InChI=1S/C19H14N8O6S/c1-33-12-5-2-10(3-6-12)9-21-18(20)23-19-22-16-15(34-19)17(28)25(24-16)13-7-4-11(26(29)30)8-14(13)27(31)32/h2-9,24H,1H3,(H2,20,22,23)/b21-9+. The first-order chi connectivity index (χ1) is 16.3. The maximum absolute atomic E-state index is 12.8. The summed E-state index contributed by atoms with van der Waals surface area (Å²) >= 11 is 0.905. The number of aromatic amines is 1. The maximum Gasteiger partial charge on any atom is 0.301 e. The van der Waals surface area contributed by atoms with Gasteiger partial charge in [0.2, 0.25) is 11.1 Å². The molecule has 0 fully saturated rings. The molecule has 0 saturated carbocycles. The summed E-state index contributed by atoms with van der Waals surface area (Å²) in [6.07, 6.45) is 1.50. The van der Waals surface area contributed by atoms with Gasteiger partial charge in [-0.3, -0.25) is 30.1 Å². The summed E-state index contributed by atoms with van der Waals surface area (Å²) in [5.74, 6) is 0.597. The van der Waals surface area contributed by atoms with Crippen LogP contribution in [0.15, 0.2) is 57.2 Å². The molecule has 34 heavy (non-hydrogen) atoms. The number of nitro groups is 2. The highest BCUT2D eigenvalue weighted by molar-refractivity contribution is 7.21. The number of guanidine groups is 1. The van der Waals surface area contributed by atoms with E-state index in [1.165, 1.54) is 6.21 Å². The molecule has 2 aromatic carbocycles. The fourth-order valence-corrected chi connectivity index (χ4v) is 3.75. The van der Waals surface area contributed by atoms with Gasteiger partial charge in [-0.2, -0.15) is 9.98 Å². The average Bonchev–Trinajstić information content (AvgIpc) is 3.35. The van der Waals surface area contributed by atoms with Gasteiger partial charge in [0.25, 0.3) is 11.2 Å². The molecule has 0 aliphatic carbocycles. The van der Waals surface area contributed by atoms with E-state index in [4.69, 9.17) is 10.5 Å². The van der Waals surface area contributed by atoms with Crippen molar-refractivity contribution in [3.05, 3.63) is 78.6 Å². The third-order valence-electron chi connectivity index (χ3n) is 4.51. The van der Waals surface area contributed by atoms with Crippen LogP contribution in [0.2, 0.25) is 0 Å². The van der Waals surface area contributed by atoms with E-state index in [9.17, 15) is 25.0 Å². The van der Waals surface area contributed by atoms with E-state index < -0.39 is 26.8 Å². The normalized spacial score (nSPS) is 11.9. The third kappa shape index (κ3) is 4.35. The zero-order valence-electron chi connectivity index (χ0n) is 17.2. The number of methoxy groups -OCH3 is 1. The molecule has 0 amide bonds. The average molecular weight is 482 g/mol. The minimum absolute atomic E-state index is 0.0986. The fraction of sp³-hybridized carbons (Fsp3) is 0.0526. The van der Waals surface area contributed by atoms with Crippen LogP contribution in [0.25, 0.3) is 16.0 Å². The van der Waals surface area contributed by atoms with Crippen LogP contribution in [-0.4, -0.2) is 43.9 Å². The van der Waals surface area contributed by atoms with Crippen LogP contribution in [0.3, 0.4) is 0 Å². The van der Waals surface area contributed by atoms with Crippen LogP contribution in [0.4, 0.5) is 16.5 Å². The lowest BCUT2D eigenvalue weighted by Gasteiger charge is -2.02. The number of nitrogens with two attached hydrogens (primary N) is 1. The minimum atomic E-state index is -0.811. The van der Waals surface area contributed by atoms with Crippen molar-refractivity contribution in [3.63, 3.8) is 0 Å². The van der Waals surface area contributed by atoms with E-state index in [0.717, 1.165) is 39.8 Å². The molecule has 4 aromatic rings. The number of rotatable bonds is 6. The van der Waals surface area contributed by atoms with Crippen LogP contribution < -0.4 is 16.0 Å². The van der Waals surface area contributed by atoms with Crippen LogP contribution in [0, 0.1) is 20.2 Å². The van der Waals surface area contributed by atoms with Crippen LogP contribution in [0.1, 0.15) is 5.56 Å². The summed E-state index contributed by atoms with van der Waals surface area (Å²) in [6, 6.07) is 10.0. The highest BCUT2D eigenvalue weighted by atomic mass is 32.1. The summed E-state index contributed by atoms with van der Waals surface area (Å²) in [4.78, 5) is 45.8. The Morgan fingerprint density at radius 3 is 2.56 bits per heavy atom. The highest BCUT2D eigenvalue weighted by Gasteiger charge is 2.24. The van der Waals surface area contributed by atoms with Gasteiger partial charge in [-0.25, -0.2) is 9.67 Å². The molecular formula is C19H14N8O6S. The highest BCUT2D eigenvalue weighted by Crippen LogP contribution is 2.29. The first kappa shape index (κ1) is 22.3. The Labute approximate surface area is 193 Å². The van der Waals surface area contributed by atoms with Gasteiger partial charge >= 0.3 is 5.69 Å². The Bertz CT molecular complexity index is 1530. The van der Waals surface area contributed by atoms with Crippen molar-refractivity contribution in [2.24, 2.45) is 15.7 Å². The number of fused-ring (bicyclic) bond motifs is 1. The lowest BCUT2D eigenvalue weighted by Crippen LogP contribution is -2.15. The first-order valence-electron chi connectivity index (χ1n) is 9.34. The molecule has 14 nitrogen and oxygen atoms in total. The van der Waals surface area contributed by atoms with Gasteiger partial charge in [0.15, 0.2) is 5.65 Å². The van der Waals surface area contributed by atoms with Gasteiger partial charge in [0.1, 0.15) is 16.1 Å². The molecule has 0 radical (unpaired) electrons. The third-order valence-corrected chi connectivity index (χ3v) is 5.45. The van der Waals surface area contributed by atoms with Crippen molar-refractivity contribution in [1.29, 1.82) is 0 Å². The van der Waals surface area contributed by atoms with Crippen molar-refractivity contribution in [3.8, 4) is 11.4 Å². The van der Waals surface area contributed by atoms with E-state index in [2.05, 4.69) is 20.1 Å². The van der Waals surface area contributed by atoms with Crippen molar-refractivity contribution >= 4 is 50.4 Å². The Balaban J connectivity index is 1.63. The number of nitrogens with zero attached hydrogens (tertiary/aromatic N) is 6.